The Balaban J connectivity index is 2.12. The van der Waals surface area contributed by atoms with Crippen LogP contribution in [0.1, 0.15) is 61.5 Å². The van der Waals surface area contributed by atoms with Crippen molar-refractivity contribution in [2.24, 2.45) is 10.3 Å². The normalized spacial score (nSPS) is 13.5. The van der Waals surface area contributed by atoms with Crippen molar-refractivity contribution in [3.05, 3.63) is 80.4 Å². The number of carbonyl (C=O) groups is 2. The molecule has 0 heterocycles. The van der Waals surface area contributed by atoms with Crippen molar-refractivity contribution < 1.29 is 32.9 Å². The lowest BCUT2D eigenvalue weighted by molar-refractivity contribution is -0.385. The van der Waals surface area contributed by atoms with Gasteiger partial charge in [-0.25, -0.2) is 4.21 Å². The highest BCUT2D eigenvalue weighted by Gasteiger charge is 2.22. The average Bonchev–Trinajstić information content (AvgIpc) is 2.94. The van der Waals surface area contributed by atoms with Crippen LogP contribution in [0.5, 0.6) is 5.75 Å². The van der Waals surface area contributed by atoms with Crippen LogP contribution in [0.15, 0.2) is 52.9 Å². The minimum atomic E-state index is -3.45. The van der Waals surface area contributed by atoms with Crippen molar-refractivity contribution in [3.63, 3.8) is 0 Å². The van der Waals surface area contributed by atoms with Gasteiger partial charge in [0, 0.05) is 44.2 Å². The maximum atomic E-state index is 13.3. The van der Waals surface area contributed by atoms with Crippen LogP contribution in [0.3, 0.4) is 0 Å². The fraction of sp³-hybridized carbons (Fsp3) is 0.467. The van der Waals surface area contributed by atoms with Crippen molar-refractivity contribution in [1.82, 2.24) is 4.72 Å². The minimum Gasteiger partial charge on any atom is -0.487 e. The number of hydrogen-bond acceptors (Lipinski definition) is 8. The molecule has 0 aliphatic rings. The number of carbonyl (C=O) groups excluding carboxylic acids is 2. The second kappa shape index (κ2) is 17.7. The van der Waals surface area contributed by atoms with Crippen LogP contribution in [0.4, 0.5) is 5.69 Å². The van der Waals surface area contributed by atoms with E-state index in [1.807, 2.05) is 44.2 Å². The van der Waals surface area contributed by atoms with Crippen molar-refractivity contribution in [1.29, 1.82) is 0 Å². The third-order valence-corrected chi connectivity index (χ3v) is 8.72. The van der Waals surface area contributed by atoms with Crippen molar-refractivity contribution in [2.45, 2.75) is 59.2 Å². The Morgan fingerprint density at radius 2 is 1.86 bits per heavy atom. The summed E-state index contributed by atoms with van der Waals surface area (Å²) in [6.07, 6.45) is 6.53. The van der Waals surface area contributed by atoms with Crippen molar-refractivity contribution in [3.8, 4) is 5.75 Å². The molecule has 2 rings (SSSR count). The molecule has 236 valence electrons. The summed E-state index contributed by atoms with van der Waals surface area (Å²) in [5, 5.41) is 12.4. The molecule has 0 saturated heterocycles. The molecule has 0 aliphatic heterocycles. The quantitative estimate of drug-likeness (QED) is 0.0722. The van der Waals surface area contributed by atoms with E-state index in [0.717, 1.165) is 23.6 Å². The minimum absolute atomic E-state index is 0.00408. The fourth-order valence-corrected chi connectivity index (χ4v) is 6.45. The fourth-order valence-electron chi connectivity index (χ4n) is 4.32. The van der Waals surface area contributed by atoms with Gasteiger partial charge >= 0.3 is 5.69 Å². The number of aryl methyl sites for hydroxylation is 1. The van der Waals surface area contributed by atoms with E-state index < -0.39 is 32.3 Å². The molecular formula is C30H40ClN3O8S. The number of unbranched alkanes of at least 4 members (excludes halogenated alkanes) is 1. The molecule has 2 aromatic rings. The van der Waals surface area contributed by atoms with E-state index in [1.165, 1.54) is 19.1 Å². The molecule has 43 heavy (non-hydrogen) atoms. The predicted octanol–water partition coefficient (Wildman–Crippen LogP) is 6.07. The van der Waals surface area contributed by atoms with Gasteiger partial charge in [-0.1, -0.05) is 36.7 Å². The summed E-state index contributed by atoms with van der Waals surface area (Å²) in [6.45, 7) is 5.06. The van der Waals surface area contributed by atoms with E-state index in [9.17, 15) is 23.9 Å². The average molecular weight is 638 g/mol. The molecule has 0 aromatic heterocycles. The number of nitro groups is 1. The first kappa shape index (κ1) is 35.9. The monoisotopic (exact) mass is 637 g/mol. The Labute approximate surface area is 258 Å². The molecule has 0 fully saturated rings. The zero-order valence-electron chi connectivity index (χ0n) is 25.2. The smallest absolute Gasteiger partial charge is 0.311 e. The predicted molar refractivity (Wildman–Crippen MR) is 167 cm³/mol. The zero-order valence-corrected chi connectivity index (χ0v) is 26.7. The Hall–Kier alpha value is -3.32. The van der Waals surface area contributed by atoms with Gasteiger partial charge in [-0.3, -0.25) is 24.4 Å². The number of allylic oxidation sites excluding steroid dienone is 2. The summed E-state index contributed by atoms with van der Waals surface area (Å²) in [5.74, 6) is -1.74. The molecule has 11 nitrogen and oxygen atoms in total. The topological polar surface area (TPSA) is 146 Å². The van der Waals surface area contributed by atoms with Crippen LogP contribution in [0, 0.1) is 16.0 Å². The van der Waals surface area contributed by atoms with Crippen LogP contribution in [-0.2, 0) is 37.0 Å². The summed E-state index contributed by atoms with van der Waals surface area (Å²) >= 11 is 6.20. The van der Waals surface area contributed by atoms with Gasteiger partial charge in [-0.05, 0) is 73.9 Å². The number of amides is 2. The molecule has 0 saturated carbocycles. The second-order valence-corrected chi connectivity index (χ2v) is 12.5. The highest BCUT2D eigenvalue weighted by Crippen LogP contribution is 2.29. The molecule has 2 aromatic carbocycles. The molecule has 0 bridgehead atoms. The molecule has 1 N–H and O–H groups in total. The molecule has 2 amide bonds. The lowest BCUT2D eigenvalue weighted by atomic mass is 9.99. The first-order valence-electron chi connectivity index (χ1n) is 13.8. The number of methoxy groups -OCH3 is 2. The first-order valence-corrected chi connectivity index (χ1v) is 15.9. The third kappa shape index (κ3) is 12.1. The Kier molecular flexibility index (Phi) is 14.8. The molecular weight excluding hydrogens is 598 g/mol. The van der Waals surface area contributed by atoms with Crippen LogP contribution in [0.25, 0.3) is 0 Å². The second-order valence-electron chi connectivity index (χ2n) is 10.0. The molecule has 0 radical (unpaired) electrons. The van der Waals surface area contributed by atoms with Gasteiger partial charge in [0.05, 0.1) is 17.3 Å². The summed E-state index contributed by atoms with van der Waals surface area (Å²) in [6, 6.07) is 9.34. The molecule has 0 spiro atoms. The lowest BCUT2D eigenvalue weighted by Gasteiger charge is -2.16. The number of benzene rings is 2. The van der Waals surface area contributed by atoms with E-state index in [2.05, 4.69) is 9.08 Å². The van der Waals surface area contributed by atoms with E-state index in [4.69, 9.17) is 25.8 Å². The summed E-state index contributed by atoms with van der Waals surface area (Å²) in [4.78, 5) is 35.7. The first-order chi connectivity index (χ1) is 20.4. The lowest BCUT2D eigenvalue weighted by Crippen LogP contribution is -2.33. The van der Waals surface area contributed by atoms with Crippen molar-refractivity contribution >= 4 is 39.0 Å². The standard InChI is InChI=1S/C30H40ClN3O8S/c1-6-7-10-21(2)20-43(39,32-22(3)35)33-30(36)25-13-15-28(27(18-25)34(37)38)42-16-9-8-11-23-17-26(31)14-12-24(23)19-29(40-4)41-5/h6-7,12-15,17-18,21,29H,8-11,16,19-20H2,1-5H3,(H,32,33,35,36,39)/b7-6-. The maximum absolute atomic E-state index is 13.3. The Morgan fingerprint density at radius 1 is 1.14 bits per heavy atom. The van der Waals surface area contributed by atoms with Gasteiger partial charge in [0.15, 0.2) is 12.0 Å². The number of ether oxygens (including phenoxy) is 3. The van der Waals surface area contributed by atoms with E-state index in [1.54, 1.807) is 14.2 Å². The van der Waals surface area contributed by atoms with E-state index >= 15 is 0 Å². The van der Waals surface area contributed by atoms with Gasteiger partial charge < -0.3 is 14.2 Å². The summed E-state index contributed by atoms with van der Waals surface area (Å²) in [5.41, 5.74) is 1.54. The number of rotatable bonds is 17. The zero-order chi connectivity index (χ0) is 32.0. The Morgan fingerprint density at radius 3 is 2.49 bits per heavy atom. The number of hydrogen-bond donors (Lipinski definition) is 1. The van der Waals surface area contributed by atoms with Crippen LogP contribution in [0.2, 0.25) is 5.02 Å². The van der Waals surface area contributed by atoms with Gasteiger partial charge in [0.2, 0.25) is 5.91 Å². The van der Waals surface area contributed by atoms with Crippen LogP contribution < -0.4 is 9.46 Å². The van der Waals surface area contributed by atoms with Crippen molar-refractivity contribution in [2.75, 3.05) is 26.6 Å². The molecule has 0 aliphatic carbocycles. The third-order valence-electron chi connectivity index (χ3n) is 6.40. The summed E-state index contributed by atoms with van der Waals surface area (Å²) in [7, 11) is -0.292. The van der Waals surface area contributed by atoms with E-state index in [0.29, 0.717) is 30.7 Å². The number of halogens is 1. The number of nitrogens with zero attached hydrogens (tertiary/aromatic N) is 2. The number of nitrogens with one attached hydrogen (secondary N) is 1. The van der Waals surface area contributed by atoms with Gasteiger partial charge in [-0.15, -0.1) is 4.36 Å². The van der Waals surface area contributed by atoms with Crippen LogP contribution in [-0.4, -0.2) is 53.8 Å². The Bertz CT molecular complexity index is 1420. The van der Waals surface area contributed by atoms with Gasteiger partial charge in [0.1, 0.15) is 9.92 Å². The highest BCUT2D eigenvalue weighted by atomic mass is 35.5. The van der Waals surface area contributed by atoms with Gasteiger partial charge in [0.25, 0.3) is 5.91 Å². The molecule has 13 heteroatoms. The highest BCUT2D eigenvalue weighted by molar-refractivity contribution is 7.92. The SMILES string of the molecule is C/C=C\CC(C)CS(=O)(=NC(=O)c1ccc(OCCCCc2cc(Cl)ccc2CC(OC)OC)c([N+](=O)[O-])c1)NC(C)=O. The largest absolute Gasteiger partial charge is 0.487 e. The molecule has 2 unspecified atom stereocenters. The van der Waals surface area contributed by atoms with Gasteiger partial charge in [-0.2, -0.15) is 0 Å². The number of nitro benzene ring substituents is 1. The maximum Gasteiger partial charge on any atom is 0.311 e. The summed E-state index contributed by atoms with van der Waals surface area (Å²) < 4.78 is 35.7. The van der Waals surface area contributed by atoms with E-state index in [-0.39, 0.29) is 35.9 Å². The molecule has 2 atom stereocenters. The van der Waals surface area contributed by atoms with Crippen LogP contribution >= 0.6 is 11.6 Å².